The number of aliphatic carboxylic acids is 1. The molecule has 1 fully saturated rings. The van der Waals surface area contributed by atoms with Gasteiger partial charge in [-0.05, 0) is 26.7 Å². The molecule has 6 nitrogen and oxygen atoms in total. The van der Waals surface area contributed by atoms with Crippen molar-refractivity contribution in [1.82, 2.24) is 10.1 Å². The lowest BCUT2D eigenvalue weighted by Gasteiger charge is -2.10. The van der Waals surface area contributed by atoms with Gasteiger partial charge in [0.15, 0.2) is 5.82 Å². The van der Waals surface area contributed by atoms with Gasteiger partial charge in [0.05, 0.1) is 11.8 Å². The van der Waals surface area contributed by atoms with Crippen LogP contribution in [0.3, 0.4) is 0 Å². The van der Waals surface area contributed by atoms with E-state index in [2.05, 4.69) is 10.1 Å². The molecule has 0 aliphatic heterocycles. The second-order valence-electron chi connectivity index (χ2n) is 4.57. The van der Waals surface area contributed by atoms with Crippen molar-refractivity contribution in [2.45, 2.75) is 45.1 Å². The van der Waals surface area contributed by atoms with Crippen LogP contribution in [-0.4, -0.2) is 27.8 Å². The summed E-state index contributed by atoms with van der Waals surface area (Å²) in [6.07, 6.45) is 2.14. The lowest BCUT2D eigenvalue weighted by molar-refractivity contribution is -0.142. The summed E-state index contributed by atoms with van der Waals surface area (Å²) < 4.78 is 10.6. The molecule has 0 saturated heterocycles. The van der Waals surface area contributed by atoms with Gasteiger partial charge in [-0.15, -0.1) is 0 Å². The number of hydrogen-bond acceptors (Lipinski definition) is 5. The third-order valence-corrected chi connectivity index (χ3v) is 3.39. The Balaban J connectivity index is 2.12. The Kier molecular flexibility index (Phi) is 3.96. The van der Waals surface area contributed by atoms with Crippen LogP contribution in [0, 0.1) is 5.92 Å². The molecule has 0 aromatic carbocycles. The van der Waals surface area contributed by atoms with Crippen LogP contribution in [0.1, 0.15) is 56.8 Å². The van der Waals surface area contributed by atoms with E-state index in [-0.39, 0.29) is 12.0 Å². The van der Waals surface area contributed by atoms with Crippen molar-refractivity contribution >= 4 is 5.97 Å². The van der Waals surface area contributed by atoms with Gasteiger partial charge in [-0.2, -0.15) is 4.98 Å². The molecule has 1 heterocycles. The van der Waals surface area contributed by atoms with Gasteiger partial charge in [0, 0.05) is 6.61 Å². The van der Waals surface area contributed by atoms with Crippen LogP contribution >= 0.6 is 0 Å². The first-order chi connectivity index (χ1) is 8.63. The average molecular weight is 254 g/mol. The first-order valence-corrected chi connectivity index (χ1v) is 6.31. The van der Waals surface area contributed by atoms with E-state index in [1.807, 2.05) is 13.8 Å². The molecule has 3 unspecified atom stereocenters. The minimum atomic E-state index is -0.782. The maximum absolute atomic E-state index is 11.1. The first-order valence-electron chi connectivity index (χ1n) is 6.31. The molecule has 6 heteroatoms. The van der Waals surface area contributed by atoms with E-state index in [0.29, 0.717) is 24.7 Å². The van der Waals surface area contributed by atoms with Crippen LogP contribution in [0.2, 0.25) is 0 Å². The van der Waals surface area contributed by atoms with E-state index in [0.717, 1.165) is 12.8 Å². The standard InChI is InChI=1S/C12H18N2O4/c1-3-17-7(2)10-13-11(18-14-10)8-5-4-6-9(8)12(15)16/h7-9H,3-6H2,1-2H3,(H,15,16). The zero-order valence-corrected chi connectivity index (χ0v) is 10.6. The predicted molar refractivity (Wildman–Crippen MR) is 62.1 cm³/mol. The molecule has 100 valence electrons. The van der Waals surface area contributed by atoms with E-state index in [1.54, 1.807) is 0 Å². The molecule has 3 atom stereocenters. The molecule has 0 amide bonds. The zero-order valence-electron chi connectivity index (χ0n) is 10.6. The van der Waals surface area contributed by atoms with Gasteiger partial charge in [0.1, 0.15) is 6.10 Å². The molecule has 1 aromatic rings. The molecule has 0 radical (unpaired) electrons. The van der Waals surface area contributed by atoms with Crippen molar-refractivity contribution in [3.05, 3.63) is 11.7 Å². The summed E-state index contributed by atoms with van der Waals surface area (Å²) in [5.41, 5.74) is 0. The van der Waals surface area contributed by atoms with Gasteiger partial charge in [0.2, 0.25) is 5.89 Å². The van der Waals surface area contributed by atoms with Gasteiger partial charge in [-0.25, -0.2) is 0 Å². The third kappa shape index (κ3) is 2.53. The molecular formula is C12H18N2O4. The fourth-order valence-electron chi connectivity index (χ4n) is 2.44. The van der Waals surface area contributed by atoms with Gasteiger partial charge < -0.3 is 14.4 Å². The number of rotatable bonds is 5. The molecule has 1 saturated carbocycles. The number of ether oxygens (including phenoxy) is 1. The maximum Gasteiger partial charge on any atom is 0.307 e. The monoisotopic (exact) mass is 254 g/mol. The summed E-state index contributed by atoms with van der Waals surface area (Å²) in [6, 6.07) is 0. The molecule has 1 aliphatic carbocycles. The second-order valence-corrected chi connectivity index (χ2v) is 4.57. The third-order valence-electron chi connectivity index (χ3n) is 3.39. The topological polar surface area (TPSA) is 85.5 Å². The van der Waals surface area contributed by atoms with E-state index < -0.39 is 11.9 Å². The van der Waals surface area contributed by atoms with Crippen molar-refractivity contribution in [2.24, 2.45) is 5.92 Å². The largest absolute Gasteiger partial charge is 0.481 e. The maximum atomic E-state index is 11.1. The smallest absolute Gasteiger partial charge is 0.307 e. The molecular weight excluding hydrogens is 236 g/mol. The highest BCUT2D eigenvalue weighted by Crippen LogP contribution is 2.39. The van der Waals surface area contributed by atoms with Crippen LogP contribution in [0.5, 0.6) is 0 Å². The first kappa shape index (κ1) is 13.0. The predicted octanol–water partition coefficient (Wildman–Crippen LogP) is 2.14. The summed E-state index contributed by atoms with van der Waals surface area (Å²) in [7, 11) is 0. The van der Waals surface area contributed by atoms with Crippen molar-refractivity contribution in [3.8, 4) is 0 Å². The molecule has 1 N–H and O–H groups in total. The highest BCUT2D eigenvalue weighted by atomic mass is 16.5. The average Bonchev–Trinajstić information content (AvgIpc) is 2.98. The van der Waals surface area contributed by atoms with Crippen LogP contribution < -0.4 is 0 Å². The van der Waals surface area contributed by atoms with Crippen molar-refractivity contribution in [3.63, 3.8) is 0 Å². The summed E-state index contributed by atoms with van der Waals surface area (Å²) in [4.78, 5) is 15.4. The fourth-order valence-corrected chi connectivity index (χ4v) is 2.44. The molecule has 2 rings (SSSR count). The van der Waals surface area contributed by atoms with Gasteiger partial charge in [-0.3, -0.25) is 4.79 Å². The van der Waals surface area contributed by atoms with Crippen LogP contribution in [0.15, 0.2) is 4.52 Å². The van der Waals surface area contributed by atoms with Crippen molar-refractivity contribution in [2.75, 3.05) is 6.61 Å². The number of hydrogen-bond donors (Lipinski definition) is 1. The van der Waals surface area contributed by atoms with E-state index in [9.17, 15) is 4.79 Å². The Bertz CT molecular complexity index is 418. The lowest BCUT2D eigenvalue weighted by Crippen LogP contribution is -2.17. The molecule has 1 aliphatic rings. The number of carboxylic acids is 1. The van der Waals surface area contributed by atoms with Crippen LogP contribution in [-0.2, 0) is 9.53 Å². The molecule has 0 bridgehead atoms. The number of carbonyl (C=O) groups is 1. The van der Waals surface area contributed by atoms with Gasteiger partial charge in [0.25, 0.3) is 0 Å². The number of nitrogens with zero attached hydrogens (tertiary/aromatic N) is 2. The Labute approximate surface area is 105 Å². The van der Waals surface area contributed by atoms with E-state index in [4.69, 9.17) is 14.4 Å². The van der Waals surface area contributed by atoms with Crippen LogP contribution in [0.4, 0.5) is 0 Å². The summed E-state index contributed by atoms with van der Waals surface area (Å²) in [5, 5.41) is 13.0. The minimum absolute atomic E-state index is 0.155. The van der Waals surface area contributed by atoms with Gasteiger partial charge in [-0.1, -0.05) is 11.6 Å². The number of carboxylic acid groups (broad SMARTS) is 1. The molecule has 1 aromatic heterocycles. The second kappa shape index (κ2) is 5.48. The number of aromatic nitrogens is 2. The summed E-state index contributed by atoms with van der Waals surface area (Å²) >= 11 is 0. The van der Waals surface area contributed by atoms with E-state index >= 15 is 0 Å². The quantitative estimate of drug-likeness (QED) is 0.866. The summed E-state index contributed by atoms with van der Waals surface area (Å²) in [5.74, 6) is -0.419. The normalized spacial score (nSPS) is 25.2. The van der Waals surface area contributed by atoms with Crippen molar-refractivity contribution < 1.29 is 19.2 Å². The Morgan fingerprint density at radius 2 is 2.39 bits per heavy atom. The van der Waals surface area contributed by atoms with Crippen molar-refractivity contribution in [1.29, 1.82) is 0 Å². The SMILES string of the molecule is CCOC(C)c1noc(C2CCCC2C(=O)O)n1. The highest BCUT2D eigenvalue weighted by molar-refractivity contribution is 5.71. The van der Waals surface area contributed by atoms with Crippen LogP contribution in [0.25, 0.3) is 0 Å². The highest BCUT2D eigenvalue weighted by Gasteiger charge is 2.37. The Morgan fingerprint density at radius 1 is 1.61 bits per heavy atom. The lowest BCUT2D eigenvalue weighted by atomic mass is 9.96. The molecule has 0 spiro atoms. The zero-order chi connectivity index (χ0) is 13.1. The minimum Gasteiger partial charge on any atom is -0.481 e. The van der Waals surface area contributed by atoms with E-state index in [1.165, 1.54) is 0 Å². The Morgan fingerprint density at radius 3 is 3.06 bits per heavy atom. The summed E-state index contributed by atoms with van der Waals surface area (Å²) in [6.45, 7) is 4.32. The van der Waals surface area contributed by atoms with Gasteiger partial charge >= 0.3 is 5.97 Å². The fraction of sp³-hybridized carbons (Fsp3) is 0.750. The Hall–Kier alpha value is -1.43. The molecule has 18 heavy (non-hydrogen) atoms.